The maximum Gasteiger partial charge on any atom is 0.226 e. The van der Waals surface area contributed by atoms with Crippen molar-refractivity contribution in [1.82, 2.24) is 10.2 Å². The summed E-state index contributed by atoms with van der Waals surface area (Å²) in [6.07, 6.45) is 1.90. The summed E-state index contributed by atoms with van der Waals surface area (Å²) in [5.41, 5.74) is 1.29. The Hall–Kier alpha value is -1.35. The van der Waals surface area contributed by atoms with Crippen LogP contribution in [0.4, 0.5) is 0 Å². The van der Waals surface area contributed by atoms with Gasteiger partial charge >= 0.3 is 0 Å². The molecule has 2 unspecified atom stereocenters. The van der Waals surface area contributed by atoms with Gasteiger partial charge in [-0.2, -0.15) is 0 Å². The van der Waals surface area contributed by atoms with E-state index < -0.39 is 0 Å². The van der Waals surface area contributed by atoms with E-state index in [1.807, 2.05) is 44.1 Å². The van der Waals surface area contributed by atoms with Crippen LogP contribution < -0.4 is 5.32 Å². The van der Waals surface area contributed by atoms with Crippen molar-refractivity contribution in [2.24, 2.45) is 5.92 Å². The quantitative estimate of drug-likeness (QED) is 0.818. The van der Waals surface area contributed by atoms with Crippen LogP contribution in [0.15, 0.2) is 30.3 Å². The predicted octanol–water partition coefficient (Wildman–Crippen LogP) is 2.32. The van der Waals surface area contributed by atoms with Crippen molar-refractivity contribution in [2.45, 2.75) is 32.7 Å². The van der Waals surface area contributed by atoms with Gasteiger partial charge in [0.25, 0.3) is 0 Å². The monoisotopic (exact) mass is 262 g/mol. The number of hydrogen-bond acceptors (Lipinski definition) is 2. The molecule has 1 rings (SSSR count). The lowest BCUT2D eigenvalue weighted by molar-refractivity contribution is -0.135. The Bertz CT molecular complexity index is 378. The first-order chi connectivity index (χ1) is 9.10. The van der Waals surface area contributed by atoms with Gasteiger partial charge in [-0.25, -0.2) is 0 Å². The highest BCUT2D eigenvalue weighted by Crippen LogP contribution is 2.13. The molecule has 1 aromatic carbocycles. The molecule has 0 radical (unpaired) electrons. The fourth-order valence-electron chi connectivity index (χ4n) is 2.36. The van der Waals surface area contributed by atoms with E-state index in [0.717, 1.165) is 19.4 Å². The Morgan fingerprint density at radius 1 is 1.32 bits per heavy atom. The van der Waals surface area contributed by atoms with Crippen LogP contribution in [0.1, 0.15) is 25.8 Å². The average Bonchev–Trinajstić information content (AvgIpc) is 2.44. The van der Waals surface area contributed by atoms with E-state index in [9.17, 15) is 4.79 Å². The van der Waals surface area contributed by atoms with Crippen LogP contribution in [-0.2, 0) is 11.2 Å². The summed E-state index contributed by atoms with van der Waals surface area (Å²) < 4.78 is 0. The van der Waals surface area contributed by atoms with Crippen LogP contribution in [0.2, 0.25) is 0 Å². The van der Waals surface area contributed by atoms with Crippen LogP contribution in [0.5, 0.6) is 0 Å². The van der Waals surface area contributed by atoms with E-state index in [4.69, 9.17) is 0 Å². The summed E-state index contributed by atoms with van der Waals surface area (Å²) >= 11 is 0. The fourth-order valence-corrected chi connectivity index (χ4v) is 2.36. The van der Waals surface area contributed by atoms with Crippen molar-refractivity contribution in [3.63, 3.8) is 0 Å². The molecule has 1 aromatic rings. The first kappa shape index (κ1) is 15.7. The van der Waals surface area contributed by atoms with Gasteiger partial charge in [0.05, 0.1) is 0 Å². The van der Waals surface area contributed by atoms with Crippen molar-refractivity contribution < 1.29 is 4.79 Å². The fraction of sp³-hybridized carbons (Fsp3) is 0.562. The minimum atomic E-state index is 0.0276. The Balaban J connectivity index is 2.66. The number of nitrogens with one attached hydrogen (secondary N) is 1. The number of hydrogen-bond donors (Lipinski definition) is 1. The highest BCUT2D eigenvalue weighted by molar-refractivity contribution is 5.78. The molecule has 0 aliphatic rings. The van der Waals surface area contributed by atoms with Gasteiger partial charge in [-0.15, -0.1) is 0 Å². The van der Waals surface area contributed by atoms with Crippen molar-refractivity contribution in [1.29, 1.82) is 0 Å². The molecule has 1 N–H and O–H groups in total. The van der Waals surface area contributed by atoms with Gasteiger partial charge in [-0.1, -0.05) is 44.2 Å². The number of carbonyl (C=O) groups is 1. The summed E-state index contributed by atoms with van der Waals surface area (Å²) in [5, 5.41) is 3.06. The van der Waals surface area contributed by atoms with Crippen LogP contribution in [-0.4, -0.2) is 37.5 Å². The number of benzene rings is 1. The van der Waals surface area contributed by atoms with Gasteiger partial charge in [0.2, 0.25) is 5.91 Å². The number of nitrogens with zero attached hydrogens (tertiary/aromatic N) is 1. The molecule has 3 heteroatoms. The Morgan fingerprint density at radius 3 is 2.47 bits per heavy atom. The molecule has 2 atom stereocenters. The summed E-state index contributed by atoms with van der Waals surface area (Å²) in [5.74, 6) is 0.247. The van der Waals surface area contributed by atoms with Gasteiger partial charge in [0, 0.05) is 25.6 Å². The largest absolute Gasteiger partial charge is 0.342 e. The zero-order valence-corrected chi connectivity index (χ0v) is 12.5. The lowest BCUT2D eigenvalue weighted by Gasteiger charge is -2.30. The third-order valence-corrected chi connectivity index (χ3v) is 3.61. The van der Waals surface area contributed by atoms with Crippen LogP contribution in [0.25, 0.3) is 0 Å². The summed E-state index contributed by atoms with van der Waals surface area (Å²) in [4.78, 5) is 14.2. The molecule has 0 aromatic heterocycles. The molecule has 19 heavy (non-hydrogen) atoms. The maximum absolute atomic E-state index is 12.3. The van der Waals surface area contributed by atoms with E-state index in [1.165, 1.54) is 5.56 Å². The van der Waals surface area contributed by atoms with Crippen LogP contribution in [0.3, 0.4) is 0 Å². The van der Waals surface area contributed by atoms with Crippen molar-refractivity contribution >= 4 is 5.91 Å². The standard InChI is InChI=1S/C16H26N2O/c1-5-15(11-14-9-7-6-8-10-14)18(4)16(19)13(2)12-17-3/h6-10,13,15,17H,5,11-12H2,1-4H3. The molecule has 0 aliphatic heterocycles. The first-order valence-corrected chi connectivity index (χ1v) is 7.05. The topological polar surface area (TPSA) is 32.3 Å². The molecule has 0 bridgehead atoms. The third-order valence-electron chi connectivity index (χ3n) is 3.61. The molecule has 3 nitrogen and oxygen atoms in total. The normalized spacial score (nSPS) is 13.9. The SMILES string of the molecule is CCC(Cc1ccccc1)N(C)C(=O)C(C)CNC. The van der Waals surface area contributed by atoms with Crippen molar-refractivity contribution in [3.05, 3.63) is 35.9 Å². The van der Waals surface area contributed by atoms with Gasteiger partial charge in [-0.3, -0.25) is 4.79 Å². The second-order valence-corrected chi connectivity index (χ2v) is 5.16. The molecule has 0 saturated carbocycles. The van der Waals surface area contributed by atoms with Gasteiger partial charge in [0.15, 0.2) is 0 Å². The number of amides is 1. The summed E-state index contributed by atoms with van der Waals surface area (Å²) in [6.45, 7) is 4.84. The number of likely N-dealkylation sites (N-methyl/N-ethyl adjacent to an activating group) is 1. The minimum Gasteiger partial charge on any atom is -0.342 e. The smallest absolute Gasteiger partial charge is 0.226 e. The number of rotatable bonds is 7. The summed E-state index contributed by atoms with van der Waals surface area (Å²) in [7, 11) is 3.80. The molecule has 0 saturated heterocycles. The molecule has 0 heterocycles. The zero-order valence-electron chi connectivity index (χ0n) is 12.5. The Kier molecular flexibility index (Phi) is 6.57. The van der Waals surface area contributed by atoms with E-state index in [-0.39, 0.29) is 17.9 Å². The lowest BCUT2D eigenvalue weighted by atomic mass is 10.0. The second-order valence-electron chi connectivity index (χ2n) is 5.16. The van der Waals surface area contributed by atoms with E-state index in [0.29, 0.717) is 0 Å². The Morgan fingerprint density at radius 2 is 1.95 bits per heavy atom. The molecule has 1 amide bonds. The molecule has 0 aliphatic carbocycles. The predicted molar refractivity (Wildman–Crippen MR) is 80.1 cm³/mol. The average molecular weight is 262 g/mol. The van der Waals surface area contributed by atoms with Gasteiger partial charge in [-0.05, 0) is 25.5 Å². The minimum absolute atomic E-state index is 0.0276. The number of carbonyl (C=O) groups excluding carboxylic acids is 1. The van der Waals surface area contributed by atoms with Gasteiger partial charge in [0.1, 0.15) is 0 Å². The van der Waals surface area contributed by atoms with Crippen molar-refractivity contribution in [2.75, 3.05) is 20.6 Å². The molecule has 106 valence electrons. The molecule has 0 fully saturated rings. The first-order valence-electron chi connectivity index (χ1n) is 7.05. The van der Waals surface area contributed by atoms with Crippen LogP contribution in [0, 0.1) is 5.92 Å². The van der Waals surface area contributed by atoms with Crippen LogP contribution >= 0.6 is 0 Å². The second kappa shape index (κ2) is 7.95. The lowest BCUT2D eigenvalue weighted by Crippen LogP contribution is -2.43. The van der Waals surface area contributed by atoms with E-state index in [2.05, 4.69) is 24.4 Å². The maximum atomic E-state index is 12.3. The molecule has 0 spiro atoms. The van der Waals surface area contributed by atoms with Gasteiger partial charge < -0.3 is 10.2 Å². The highest BCUT2D eigenvalue weighted by atomic mass is 16.2. The summed E-state index contributed by atoms with van der Waals surface area (Å²) in [6, 6.07) is 10.6. The van der Waals surface area contributed by atoms with E-state index >= 15 is 0 Å². The zero-order chi connectivity index (χ0) is 14.3. The van der Waals surface area contributed by atoms with Crippen molar-refractivity contribution in [3.8, 4) is 0 Å². The third kappa shape index (κ3) is 4.67. The Labute approximate surface area is 117 Å². The molecular formula is C16H26N2O. The molecular weight excluding hydrogens is 236 g/mol. The highest BCUT2D eigenvalue weighted by Gasteiger charge is 2.22. The van der Waals surface area contributed by atoms with E-state index in [1.54, 1.807) is 0 Å².